The van der Waals surface area contributed by atoms with E-state index in [1.54, 1.807) is 0 Å². The number of para-hydroxylation sites is 2. The van der Waals surface area contributed by atoms with Gasteiger partial charge < -0.3 is 10.3 Å². The van der Waals surface area contributed by atoms with E-state index in [0.717, 1.165) is 33.9 Å². The molecule has 1 saturated carbocycles. The van der Waals surface area contributed by atoms with Gasteiger partial charge in [0.25, 0.3) is 0 Å². The third kappa shape index (κ3) is 2.78. The number of rotatable bonds is 4. The SMILES string of the molecule is CC(NC(=O)C1CC1c1ccccc1Cl)c1nc2ccccc2[nH]1. The quantitative estimate of drug-likeness (QED) is 0.748. The summed E-state index contributed by atoms with van der Waals surface area (Å²) in [6.45, 7) is 1.95. The van der Waals surface area contributed by atoms with Gasteiger partial charge in [0.05, 0.1) is 17.1 Å². The highest BCUT2D eigenvalue weighted by atomic mass is 35.5. The van der Waals surface area contributed by atoms with Gasteiger partial charge in [-0.15, -0.1) is 0 Å². The summed E-state index contributed by atoms with van der Waals surface area (Å²) < 4.78 is 0. The van der Waals surface area contributed by atoms with Crippen molar-refractivity contribution >= 4 is 28.5 Å². The number of H-pyrrole nitrogens is 1. The predicted octanol–water partition coefficient (Wildman–Crippen LogP) is 4.20. The number of halogens is 1. The number of nitrogens with zero attached hydrogens (tertiary/aromatic N) is 1. The number of imidazole rings is 1. The maximum Gasteiger partial charge on any atom is 0.224 e. The molecule has 0 spiro atoms. The van der Waals surface area contributed by atoms with Crippen molar-refractivity contribution in [3.8, 4) is 0 Å². The van der Waals surface area contributed by atoms with Crippen molar-refractivity contribution in [2.75, 3.05) is 0 Å². The van der Waals surface area contributed by atoms with Crippen molar-refractivity contribution in [2.45, 2.75) is 25.3 Å². The molecule has 1 aliphatic rings. The maximum atomic E-state index is 12.5. The lowest BCUT2D eigenvalue weighted by atomic mass is 10.1. The normalized spacial score (nSPS) is 20.8. The van der Waals surface area contributed by atoms with E-state index in [9.17, 15) is 4.79 Å². The number of amides is 1. The molecule has 1 aromatic heterocycles. The van der Waals surface area contributed by atoms with Crippen molar-refractivity contribution in [3.63, 3.8) is 0 Å². The third-order valence-corrected chi connectivity index (χ3v) is 4.95. The fourth-order valence-electron chi connectivity index (χ4n) is 3.17. The summed E-state index contributed by atoms with van der Waals surface area (Å²) in [5, 5.41) is 3.80. The smallest absolute Gasteiger partial charge is 0.224 e. The molecule has 3 unspecified atom stereocenters. The molecule has 0 bridgehead atoms. The van der Waals surface area contributed by atoms with Crippen LogP contribution in [0, 0.1) is 5.92 Å². The summed E-state index contributed by atoms with van der Waals surface area (Å²) in [7, 11) is 0. The topological polar surface area (TPSA) is 57.8 Å². The van der Waals surface area contributed by atoms with Gasteiger partial charge in [0, 0.05) is 10.9 Å². The average Bonchev–Trinajstić information content (AvgIpc) is 3.25. The molecule has 3 aromatic rings. The van der Waals surface area contributed by atoms with Crippen LogP contribution in [0.1, 0.15) is 36.7 Å². The molecule has 0 aliphatic heterocycles. The monoisotopic (exact) mass is 339 g/mol. The van der Waals surface area contributed by atoms with E-state index in [4.69, 9.17) is 11.6 Å². The lowest BCUT2D eigenvalue weighted by molar-refractivity contribution is -0.123. The standard InChI is InChI=1S/C19H18ClN3O/c1-11(18-22-16-8-4-5-9-17(16)23-18)21-19(24)14-10-13(14)12-6-2-3-7-15(12)20/h2-9,11,13-14H,10H2,1H3,(H,21,24)(H,22,23). The molecule has 24 heavy (non-hydrogen) atoms. The minimum atomic E-state index is -0.155. The first-order chi connectivity index (χ1) is 11.6. The Morgan fingerprint density at radius 3 is 2.79 bits per heavy atom. The second-order valence-electron chi connectivity index (χ2n) is 6.34. The summed E-state index contributed by atoms with van der Waals surface area (Å²) in [4.78, 5) is 20.3. The minimum absolute atomic E-state index is 0.00303. The third-order valence-electron chi connectivity index (χ3n) is 4.61. The van der Waals surface area contributed by atoms with Crippen LogP contribution < -0.4 is 5.32 Å². The molecule has 122 valence electrons. The summed E-state index contributed by atoms with van der Waals surface area (Å²) >= 11 is 6.23. The molecule has 4 rings (SSSR count). The molecule has 1 heterocycles. The molecule has 2 N–H and O–H groups in total. The van der Waals surface area contributed by atoms with Gasteiger partial charge in [-0.2, -0.15) is 0 Å². The molecule has 2 aromatic carbocycles. The summed E-state index contributed by atoms with van der Waals surface area (Å²) in [6.07, 6.45) is 0.850. The van der Waals surface area contributed by atoms with Crippen LogP contribution in [0.3, 0.4) is 0 Å². The number of carbonyl (C=O) groups excluding carboxylic acids is 1. The van der Waals surface area contributed by atoms with Gasteiger partial charge in [-0.1, -0.05) is 41.9 Å². The molecule has 3 atom stereocenters. The Balaban J connectivity index is 1.44. The highest BCUT2D eigenvalue weighted by molar-refractivity contribution is 6.31. The van der Waals surface area contributed by atoms with E-state index in [1.165, 1.54) is 0 Å². The van der Waals surface area contributed by atoms with E-state index in [0.29, 0.717) is 0 Å². The predicted molar refractivity (Wildman–Crippen MR) is 95.0 cm³/mol. The van der Waals surface area contributed by atoms with Crippen LogP contribution in [0.25, 0.3) is 11.0 Å². The number of hydrogen-bond donors (Lipinski definition) is 2. The summed E-state index contributed by atoms with van der Waals surface area (Å²) in [5.41, 5.74) is 2.96. The van der Waals surface area contributed by atoms with Gasteiger partial charge in [0.15, 0.2) is 0 Å². The van der Waals surface area contributed by atoms with Gasteiger partial charge in [-0.25, -0.2) is 4.98 Å². The van der Waals surface area contributed by atoms with Gasteiger partial charge in [-0.05, 0) is 43.0 Å². The number of aromatic amines is 1. The molecular formula is C19H18ClN3O. The van der Waals surface area contributed by atoms with Crippen molar-refractivity contribution in [1.29, 1.82) is 0 Å². The number of hydrogen-bond acceptors (Lipinski definition) is 2. The second kappa shape index (κ2) is 5.95. The van der Waals surface area contributed by atoms with Gasteiger partial charge >= 0.3 is 0 Å². The number of benzene rings is 2. The number of carbonyl (C=O) groups is 1. The Labute approximate surface area is 145 Å². The molecule has 1 aliphatic carbocycles. The molecule has 1 fully saturated rings. The zero-order chi connectivity index (χ0) is 16.7. The van der Waals surface area contributed by atoms with Crippen LogP contribution in [0.2, 0.25) is 5.02 Å². The highest BCUT2D eigenvalue weighted by Gasteiger charge is 2.45. The van der Waals surface area contributed by atoms with Crippen LogP contribution >= 0.6 is 11.6 Å². The number of aromatic nitrogens is 2. The molecular weight excluding hydrogens is 322 g/mol. The molecule has 1 amide bonds. The Kier molecular flexibility index (Phi) is 3.77. The Morgan fingerprint density at radius 1 is 1.25 bits per heavy atom. The summed E-state index contributed by atoms with van der Waals surface area (Å²) in [6, 6.07) is 15.5. The molecule has 0 saturated heterocycles. The highest BCUT2D eigenvalue weighted by Crippen LogP contribution is 2.49. The van der Waals surface area contributed by atoms with Gasteiger partial charge in [0.2, 0.25) is 5.91 Å². The Morgan fingerprint density at radius 2 is 2.00 bits per heavy atom. The van der Waals surface area contributed by atoms with Gasteiger partial charge in [-0.3, -0.25) is 4.79 Å². The Bertz CT molecular complexity index is 871. The van der Waals surface area contributed by atoms with Crippen LogP contribution in [0.4, 0.5) is 0 Å². The van der Waals surface area contributed by atoms with Crippen LogP contribution in [0.5, 0.6) is 0 Å². The van der Waals surface area contributed by atoms with E-state index in [2.05, 4.69) is 15.3 Å². The van der Waals surface area contributed by atoms with Crippen molar-refractivity contribution < 1.29 is 4.79 Å². The van der Waals surface area contributed by atoms with E-state index in [-0.39, 0.29) is 23.8 Å². The zero-order valence-corrected chi connectivity index (χ0v) is 14.0. The van der Waals surface area contributed by atoms with E-state index >= 15 is 0 Å². The van der Waals surface area contributed by atoms with Crippen LogP contribution in [-0.2, 0) is 4.79 Å². The lowest BCUT2D eigenvalue weighted by Gasteiger charge is -2.11. The lowest BCUT2D eigenvalue weighted by Crippen LogP contribution is -2.29. The Hall–Kier alpha value is -2.33. The van der Waals surface area contributed by atoms with Gasteiger partial charge in [0.1, 0.15) is 5.82 Å². The van der Waals surface area contributed by atoms with Crippen molar-refractivity contribution in [3.05, 3.63) is 64.9 Å². The minimum Gasteiger partial charge on any atom is -0.346 e. The second-order valence-corrected chi connectivity index (χ2v) is 6.75. The van der Waals surface area contributed by atoms with Crippen LogP contribution in [-0.4, -0.2) is 15.9 Å². The van der Waals surface area contributed by atoms with E-state index in [1.807, 2.05) is 55.5 Å². The maximum absolute atomic E-state index is 12.5. The first kappa shape index (κ1) is 15.2. The average molecular weight is 340 g/mol. The number of fused-ring (bicyclic) bond motifs is 1. The zero-order valence-electron chi connectivity index (χ0n) is 13.3. The number of nitrogens with one attached hydrogen (secondary N) is 2. The molecule has 0 radical (unpaired) electrons. The van der Waals surface area contributed by atoms with E-state index < -0.39 is 0 Å². The van der Waals surface area contributed by atoms with Crippen molar-refractivity contribution in [2.24, 2.45) is 5.92 Å². The summed E-state index contributed by atoms with van der Waals surface area (Å²) in [5.74, 6) is 1.06. The molecule has 4 nitrogen and oxygen atoms in total. The fourth-order valence-corrected chi connectivity index (χ4v) is 3.45. The van der Waals surface area contributed by atoms with Crippen molar-refractivity contribution in [1.82, 2.24) is 15.3 Å². The largest absolute Gasteiger partial charge is 0.346 e. The first-order valence-electron chi connectivity index (χ1n) is 8.13. The molecule has 5 heteroatoms. The first-order valence-corrected chi connectivity index (χ1v) is 8.50. The fraction of sp³-hybridized carbons (Fsp3) is 0.263. The van der Waals surface area contributed by atoms with Crippen LogP contribution in [0.15, 0.2) is 48.5 Å².